The molecule has 6 nitrogen and oxygen atoms in total. The minimum Gasteiger partial charge on any atom is -0.330 e. The summed E-state index contributed by atoms with van der Waals surface area (Å²) in [7, 11) is 0. The topological polar surface area (TPSA) is 82.0 Å². The Balaban J connectivity index is 2.07. The minimum absolute atomic E-state index is 0.605. The molecule has 0 spiro atoms. The highest BCUT2D eigenvalue weighted by Crippen LogP contribution is 2.21. The SMILES string of the molecule is Cc1cc2nnc(-c3csc(CCN)n3)n2cn1. The van der Waals surface area contributed by atoms with Gasteiger partial charge in [-0.15, -0.1) is 21.5 Å². The van der Waals surface area contributed by atoms with E-state index in [2.05, 4.69) is 20.2 Å². The molecule has 0 aliphatic rings. The van der Waals surface area contributed by atoms with Crippen LogP contribution in [0.3, 0.4) is 0 Å². The number of fused-ring (bicyclic) bond motifs is 1. The number of nitrogens with zero attached hydrogens (tertiary/aromatic N) is 5. The van der Waals surface area contributed by atoms with Crippen LogP contribution in [0.5, 0.6) is 0 Å². The lowest BCUT2D eigenvalue weighted by Crippen LogP contribution is -2.02. The van der Waals surface area contributed by atoms with Gasteiger partial charge in [-0.05, 0) is 13.5 Å². The van der Waals surface area contributed by atoms with Crippen molar-refractivity contribution < 1.29 is 0 Å². The van der Waals surface area contributed by atoms with E-state index in [1.165, 1.54) is 0 Å². The maximum atomic E-state index is 5.52. The van der Waals surface area contributed by atoms with E-state index in [0.29, 0.717) is 6.54 Å². The summed E-state index contributed by atoms with van der Waals surface area (Å²) in [6, 6.07) is 1.89. The van der Waals surface area contributed by atoms with Crippen LogP contribution in [0.2, 0.25) is 0 Å². The lowest BCUT2D eigenvalue weighted by Gasteiger charge is -1.96. The van der Waals surface area contributed by atoms with Gasteiger partial charge in [0, 0.05) is 23.6 Å². The number of aromatic nitrogens is 5. The molecule has 0 bridgehead atoms. The Kier molecular flexibility index (Phi) is 2.77. The van der Waals surface area contributed by atoms with Gasteiger partial charge in [0.05, 0.1) is 5.01 Å². The van der Waals surface area contributed by atoms with Crippen molar-refractivity contribution in [3.05, 3.63) is 28.5 Å². The monoisotopic (exact) mass is 260 g/mol. The molecule has 0 saturated carbocycles. The highest BCUT2D eigenvalue weighted by molar-refractivity contribution is 7.09. The first-order chi connectivity index (χ1) is 8.78. The van der Waals surface area contributed by atoms with Gasteiger partial charge in [-0.25, -0.2) is 9.97 Å². The molecule has 0 saturated heterocycles. The van der Waals surface area contributed by atoms with Crippen LogP contribution in [-0.4, -0.2) is 31.1 Å². The summed E-state index contributed by atoms with van der Waals surface area (Å²) in [5.41, 5.74) is 8.04. The second-order valence-electron chi connectivity index (χ2n) is 3.95. The molecule has 3 aromatic heterocycles. The molecule has 92 valence electrons. The van der Waals surface area contributed by atoms with Crippen molar-refractivity contribution in [1.29, 1.82) is 0 Å². The van der Waals surface area contributed by atoms with Gasteiger partial charge in [0.15, 0.2) is 11.5 Å². The molecular formula is C11H12N6S. The van der Waals surface area contributed by atoms with Crippen molar-refractivity contribution in [3.63, 3.8) is 0 Å². The van der Waals surface area contributed by atoms with Crippen LogP contribution >= 0.6 is 11.3 Å². The average molecular weight is 260 g/mol. The number of aryl methyl sites for hydroxylation is 1. The van der Waals surface area contributed by atoms with Gasteiger partial charge in [0.25, 0.3) is 0 Å². The predicted octanol–water partition coefficient (Wildman–Crippen LogP) is 1.06. The molecule has 0 atom stereocenters. The number of hydrogen-bond acceptors (Lipinski definition) is 6. The lowest BCUT2D eigenvalue weighted by atomic mass is 10.4. The van der Waals surface area contributed by atoms with Crippen molar-refractivity contribution in [2.24, 2.45) is 5.73 Å². The van der Waals surface area contributed by atoms with E-state index in [4.69, 9.17) is 5.73 Å². The maximum Gasteiger partial charge on any atom is 0.189 e. The first-order valence-corrected chi connectivity index (χ1v) is 6.48. The molecule has 0 aliphatic heterocycles. The maximum absolute atomic E-state index is 5.52. The Morgan fingerprint density at radius 1 is 1.39 bits per heavy atom. The lowest BCUT2D eigenvalue weighted by molar-refractivity contribution is 0.949. The van der Waals surface area contributed by atoms with E-state index in [1.807, 2.05) is 22.8 Å². The van der Waals surface area contributed by atoms with Gasteiger partial charge in [-0.1, -0.05) is 0 Å². The average Bonchev–Trinajstić information content (AvgIpc) is 2.95. The van der Waals surface area contributed by atoms with E-state index in [0.717, 1.165) is 34.3 Å². The molecule has 0 amide bonds. The third kappa shape index (κ3) is 1.87. The molecule has 0 radical (unpaired) electrons. The van der Waals surface area contributed by atoms with Crippen LogP contribution in [0.25, 0.3) is 17.2 Å². The molecule has 3 heterocycles. The van der Waals surface area contributed by atoms with Gasteiger partial charge in [0.2, 0.25) is 0 Å². The molecule has 3 rings (SSSR count). The summed E-state index contributed by atoms with van der Waals surface area (Å²) < 4.78 is 1.84. The Hall–Kier alpha value is -1.86. The Morgan fingerprint density at radius 2 is 2.28 bits per heavy atom. The van der Waals surface area contributed by atoms with Crippen LogP contribution in [0.15, 0.2) is 17.8 Å². The molecule has 0 fully saturated rings. The largest absolute Gasteiger partial charge is 0.330 e. The third-order valence-electron chi connectivity index (χ3n) is 2.58. The first kappa shape index (κ1) is 11.2. The fourth-order valence-electron chi connectivity index (χ4n) is 1.72. The van der Waals surface area contributed by atoms with Crippen LogP contribution in [0.1, 0.15) is 10.7 Å². The standard InChI is InChI=1S/C11H12N6S/c1-7-4-9-15-16-11(17(9)6-13-7)8-5-18-10(14-8)2-3-12/h4-6H,2-3,12H2,1H3. The first-order valence-electron chi connectivity index (χ1n) is 5.60. The van der Waals surface area contributed by atoms with Gasteiger partial charge >= 0.3 is 0 Å². The molecule has 18 heavy (non-hydrogen) atoms. The molecule has 0 aromatic carbocycles. The molecule has 7 heteroatoms. The summed E-state index contributed by atoms with van der Waals surface area (Å²) in [6.07, 6.45) is 2.51. The fourth-order valence-corrected chi connectivity index (χ4v) is 2.51. The van der Waals surface area contributed by atoms with Crippen molar-refractivity contribution in [1.82, 2.24) is 24.6 Å². The zero-order chi connectivity index (χ0) is 12.5. The highest BCUT2D eigenvalue weighted by atomic mass is 32.1. The highest BCUT2D eigenvalue weighted by Gasteiger charge is 2.11. The van der Waals surface area contributed by atoms with E-state index in [1.54, 1.807) is 17.7 Å². The quantitative estimate of drug-likeness (QED) is 0.761. The number of nitrogens with two attached hydrogens (primary N) is 1. The number of hydrogen-bond donors (Lipinski definition) is 1. The van der Waals surface area contributed by atoms with Crippen molar-refractivity contribution >= 4 is 17.0 Å². The van der Waals surface area contributed by atoms with E-state index >= 15 is 0 Å². The van der Waals surface area contributed by atoms with Gasteiger partial charge in [0.1, 0.15) is 12.0 Å². The van der Waals surface area contributed by atoms with Crippen LogP contribution in [0, 0.1) is 6.92 Å². The second-order valence-corrected chi connectivity index (χ2v) is 4.89. The smallest absolute Gasteiger partial charge is 0.189 e. The van der Waals surface area contributed by atoms with Crippen LogP contribution < -0.4 is 5.73 Å². The number of thiazole rings is 1. The Bertz CT molecular complexity index is 686. The zero-order valence-electron chi connectivity index (χ0n) is 9.87. The van der Waals surface area contributed by atoms with E-state index in [9.17, 15) is 0 Å². The molecule has 0 unspecified atom stereocenters. The summed E-state index contributed by atoms with van der Waals surface area (Å²) in [6.45, 7) is 2.53. The molecule has 3 aromatic rings. The second kappa shape index (κ2) is 4.43. The van der Waals surface area contributed by atoms with Crippen molar-refractivity contribution in [2.75, 3.05) is 6.54 Å². The third-order valence-corrected chi connectivity index (χ3v) is 3.48. The van der Waals surface area contributed by atoms with E-state index < -0.39 is 0 Å². The van der Waals surface area contributed by atoms with Crippen molar-refractivity contribution in [3.8, 4) is 11.5 Å². The van der Waals surface area contributed by atoms with Crippen molar-refractivity contribution in [2.45, 2.75) is 13.3 Å². The van der Waals surface area contributed by atoms with Crippen LogP contribution in [-0.2, 0) is 6.42 Å². The zero-order valence-corrected chi connectivity index (χ0v) is 10.7. The summed E-state index contributed by atoms with van der Waals surface area (Å²) in [5, 5.41) is 11.3. The summed E-state index contributed by atoms with van der Waals surface area (Å²) in [5.74, 6) is 0.719. The Labute approximate surface area is 108 Å². The van der Waals surface area contributed by atoms with E-state index in [-0.39, 0.29) is 0 Å². The van der Waals surface area contributed by atoms with Gasteiger partial charge in [-0.3, -0.25) is 4.40 Å². The molecule has 2 N–H and O–H groups in total. The summed E-state index contributed by atoms with van der Waals surface area (Å²) in [4.78, 5) is 8.75. The predicted molar refractivity (Wildman–Crippen MR) is 69.4 cm³/mol. The van der Waals surface area contributed by atoms with Gasteiger partial charge < -0.3 is 5.73 Å². The Morgan fingerprint density at radius 3 is 3.11 bits per heavy atom. The fraction of sp³-hybridized carbons (Fsp3) is 0.273. The number of rotatable bonds is 3. The normalized spacial score (nSPS) is 11.2. The van der Waals surface area contributed by atoms with Gasteiger partial charge in [-0.2, -0.15) is 0 Å². The molecule has 0 aliphatic carbocycles. The minimum atomic E-state index is 0.605. The van der Waals surface area contributed by atoms with Crippen LogP contribution in [0.4, 0.5) is 0 Å². The molecular weight excluding hydrogens is 248 g/mol. The summed E-state index contributed by atoms with van der Waals surface area (Å²) >= 11 is 1.59.